The largest absolute Gasteiger partial charge is 0.392 e. The highest BCUT2D eigenvalue weighted by atomic mass is 16.3. The molecule has 1 aliphatic rings. The smallest absolute Gasteiger partial charge is 0.227 e. The van der Waals surface area contributed by atoms with Crippen molar-refractivity contribution in [2.24, 2.45) is 0 Å². The molecule has 1 saturated heterocycles. The predicted molar refractivity (Wildman–Crippen MR) is 77.2 cm³/mol. The van der Waals surface area contributed by atoms with Crippen LogP contribution in [0.25, 0.3) is 0 Å². The van der Waals surface area contributed by atoms with Crippen LogP contribution in [0.2, 0.25) is 0 Å². The maximum Gasteiger partial charge on any atom is 0.227 e. The van der Waals surface area contributed by atoms with Crippen molar-refractivity contribution >= 4 is 5.91 Å². The highest BCUT2D eigenvalue weighted by molar-refractivity contribution is 5.79. The summed E-state index contributed by atoms with van der Waals surface area (Å²) in [6.07, 6.45) is 3.55. The van der Waals surface area contributed by atoms with Crippen LogP contribution in [-0.4, -0.2) is 64.1 Å². The number of pyridine rings is 1. The van der Waals surface area contributed by atoms with Gasteiger partial charge in [-0.25, -0.2) is 0 Å². The fraction of sp³-hybridized carbons (Fsp3) is 0.600. The lowest BCUT2D eigenvalue weighted by Gasteiger charge is -2.40. The summed E-state index contributed by atoms with van der Waals surface area (Å²) in [5.41, 5.74) is 1.00. The molecule has 2 atom stereocenters. The molecule has 1 aromatic heterocycles. The van der Waals surface area contributed by atoms with Crippen molar-refractivity contribution < 1.29 is 9.90 Å². The monoisotopic (exact) mass is 277 g/mol. The number of nitrogens with zero attached hydrogens (tertiary/aromatic N) is 3. The summed E-state index contributed by atoms with van der Waals surface area (Å²) in [5.74, 6) is 0.167. The first kappa shape index (κ1) is 14.9. The van der Waals surface area contributed by atoms with Crippen molar-refractivity contribution in [2.75, 3.05) is 26.2 Å². The molecule has 1 N–H and O–H groups in total. The summed E-state index contributed by atoms with van der Waals surface area (Å²) in [6.45, 7) is 6.93. The molecule has 0 unspecified atom stereocenters. The van der Waals surface area contributed by atoms with Gasteiger partial charge in [0.1, 0.15) is 0 Å². The molecule has 20 heavy (non-hydrogen) atoms. The minimum Gasteiger partial charge on any atom is -0.392 e. The Morgan fingerprint density at radius 3 is 2.75 bits per heavy atom. The molecule has 110 valence electrons. The van der Waals surface area contributed by atoms with E-state index in [2.05, 4.69) is 16.8 Å². The van der Waals surface area contributed by atoms with Gasteiger partial charge in [-0.15, -0.1) is 0 Å². The second-order valence-electron chi connectivity index (χ2n) is 5.58. The SMILES string of the molecule is C[C@H](O)CN1CCN(C(=O)Cc2ccncc2)[C@H](C)C1. The zero-order valence-corrected chi connectivity index (χ0v) is 12.2. The first-order valence-corrected chi connectivity index (χ1v) is 7.15. The molecule has 0 saturated carbocycles. The molecule has 0 spiro atoms. The lowest BCUT2D eigenvalue weighted by atomic mass is 10.1. The number of piperazine rings is 1. The third-order valence-corrected chi connectivity index (χ3v) is 3.66. The van der Waals surface area contributed by atoms with Crippen molar-refractivity contribution in [1.82, 2.24) is 14.8 Å². The Hall–Kier alpha value is -1.46. The van der Waals surface area contributed by atoms with Gasteiger partial charge in [-0.2, -0.15) is 0 Å². The van der Waals surface area contributed by atoms with Gasteiger partial charge in [-0.1, -0.05) is 0 Å². The van der Waals surface area contributed by atoms with E-state index in [4.69, 9.17) is 0 Å². The summed E-state index contributed by atoms with van der Waals surface area (Å²) in [5, 5.41) is 9.43. The Kier molecular flexibility index (Phi) is 5.09. The average Bonchev–Trinajstić information content (AvgIpc) is 2.39. The van der Waals surface area contributed by atoms with Gasteiger partial charge in [0, 0.05) is 44.6 Å². The van der Waals surface area contributed by atoms with Crippen LogP contribution in [-0.2, 0) is 11.2 Å². The Labute approximate surface area is 120 Å². The maximum absolute atomic E-state index is 12.3. The van der Waals surface area contributed by atoms with E-state index in [-0.39, 0.29) is 18.1 Å². The quantitative estimate of drug-likeness (QED) is 0.872. The molecular formula is C15H23N3O2. The van der Waals surface area contributed by atoms with E-state index < -0.39 is 0 Å². The molecule has 5 nitrogen and oxygen atoms in total. The van der Waals surface area contributed by atoms with Gasteiger partial charge < -0.3 is 10.0 Å². The van der Waals surface area contributed by atoms with Crippen LogP contribution in [0.5, 0.6) is 0 Å². The predicted octanol–water partition coefficient (Wildman–Crippen LogP) is 0.538. The fourth-order valence-corrected chi connectivity index (χ4v) is 2.72. The Balaban J connectivity index is 1.89. The first-order chi connectivity index (χ1) is 9.56. The fourth-order valence-electron chi connectivity index (χ4n) is 2.72. The van der Waals surface area contributed by atoms with Gasteiger partial charge in [0.2, 0.25) is 5.91 Å². The van der Waals surface area contributed by atoms with Gasteiger partial charge in [0.15, 0.2) is 0 Å². The second kappa shape index (κ2) is 6.81. The van der Waals surface area contributed by atoms with Crippen LogP contribution in [0, 0.1) is 0 Å². The van der Waals surface area contributed by atoms with Crippen molar-refractivity contribution in [2.45, 2.75) is 32.4 Å². The zero-order valence-electron chi connectivity index (χ0n) is 12.2. The molecular weight excluding hydrogens is 254 g/mol. The molecule has 0 aliphatic carbocycles. The molecule has 1 aliphatic heterocycles. The molecule has 5 heteroatoms. The molecule has 0 bridgehead atoms. The van der Waals surface area contributed by atoms with Gasteiger partial charge in [0.25, 0.3) is 0 Å². The van der Waals surface area contributed by atoms with E-state index in [0.29, 0.717) is 13.0 Å². The number of carbonyl (C=O) groups excluding carboxylic acids is 1. The Bertz CT molecular complexity index is 436. The highest BCUT2D eigenvalue weighted by Gasteiger charge is 2.27. The van der Waals surface area contributed by atoms with E-state index in [1.54, 1.807) is 19.3 Å². The normalized spacial score (nSPS) is 21.8. The molecule has 2 heterocycles. The second-order valence-corrected chi connectivity index (χ2v) is 5.58. The first-order valence-electron chi connectivity index (χ1n) is 7.15. The van der Waals surface area contributed by atoms with Crippen molar-refractivity contribution in [3.05, 3.63) is 30.1 Å². The highest BCUT2D eigenvalue weighted by Crippen LogP contribution is 2.12. The van der Waals surface area contributed by atoms with Crippen LogP contribution >= 0.6 is 0 Å². The third-order valence-electron chi connectivity index (χ3n) is 3.66. The molecule has 2 rings (SSSR count). The van der Waals surface area contributed by atoms with Crippen LogP contribution in [0.1, 0.15) is 19.4 Å². The van der Waals surface area contributed by atoms with Crippen LogP contribution in [0.4, 0.5) is 0 Å². The Morgan fingerprint density at radius 2 is 2.15 bits per heavy atom. The third kappa shape index (κ3) is 4.02. The summed E-state index contributed by atoms with van der Waals surface area (Å²) >= 11 is 0. The summed E-state index contributed by atoms with van der Waals surface area (Å²) < 4.78 is 0. The number of β-amino-alcohol motifs (C(OH)–C–C–N with tert-alkyl or cyclic N) is 1. The molecule has 0 radical (unpaired) electrons. The molecule has 1 aromatic rings. The maximum atomic E-state index is 12.3. The number of carbonyl (C=O) groups is 1. The van der Waals surface area contributed by atoms with Crippen LogP contribution < -0.4 is 0 Å². The molecule has 0 aromatic carbocycles. The summed E-state index contributed by atoms with van der Waals surface area (Å²) in [4.78, 5) is 20.5. The average molecular weight is 277 g/mol. The summed E-state index contributed by atoms with van der Waals surface area (Å²) in [7, 11) is 0. The van der Waals surface area contributed by atoms with E-state index in [9.17, 15) is 9.90 Å². The van der Waals surface area contributed by atoms with Gasteiger partial charge >= 0.3 is 0 Å². The number of aliphatic hydroxyl groups is 1. The lowest BCUT2D eigenvalue weighted by molar-refractivity contribution is -0.135. The van der Waals surface area contributed by atoms with Crippen LogP contribution in [0.15, 0.2) is 24.5 Å². The van der Waals surface area contributed by atoms with Gasteiger partial charge in [-0.05, 0) is 31.5 Å². The van der Waals surface area contributed by atoms with E-state index in [0.717, 1.165) is 25.2 Å². The van der Waals surface area contributed by atoms with E-state index in [1.807, 2.05) is 17.0 Å². The molecule has 1 fully saturated rings. The number of rotatable bonds is 4. The topological polar surface area (TPSA) is 56.7 Å². The molecule has 1 amide bonds. The number of aromatic nitrogens is 1. The number of amides is 1. The van der Waals surface area contributed by atoms with Gasteiger partial charge in [-0.3, -0.25) is 14.7 Å². The van der Waals surface area contributed by atoms with Crippen molar-refractivity contribution in [1.29, 1.82) is 0 Å². The minimum atomic E-state index is -0.318. The summed E-state index contributed by atoms with van der Waals surface area (Å²) in [6, 6.07) is 3.95. The van der Waals surface area contributed by atoms with Crippen molar-refractivity contribution in [3.63, 3.8) is 0 Å². The number of hydrogen-bond acceptors (Lipinski definition) is 4. The zero-order chi connectivity index (χ0) is 14.5. The number of hydrogen-bond donors (Lipinski definition) is 1. The number of aliphatic hydroxyl groups excluding tert-OH is 1. The van der Waals surface area contributed by atoms with E-state index >= 15 is 0 Å². The van der Waals surface area contributed by atoms with Gasteiger partial charge in [0.05, 0.1) is 12.5 Å². The van der Waals surface area contributed by atoms with Crippen LogP contribution in [0.3, 0.4) is 0 Å². The lowest BCUT2D eigenvalue weighted by Crippen LogP contribution is -2.55. The minimum absolute atomic E-state index is 0.167. The van der Waals surface area contributed by atoms with Crippen molar-refractivity contribution in [3.8, 4) is 0 Å². The standard InChI is InChI=1S/C15H23N3O2/c1-12-10-17(11-13(2)19)7-8-18(12)15(20)9-14-3-5-16-6-4-14/h3-6,12-13,19H,7-11H2,1-2H3/t12-,13+/m1/s1. The Morgan fingerprint density at radius 1 is 1.45 bits per heavy atom. The van der Waals surface area contributed by atoms with E-state index in [1.165, 1.54) is 0 Å².